The van der Waals surface area contributed by atoms with Crippen LogP contribution in [0.15, 0.2) is 24.3 Å². The molecule has 0 saturated carbocycles. The highest BCUT2D eigenvalue weighted by molar-refractivity contribution is 7.98. The lowest BCUT2D eigenvalue weighted by atomic mass is 9.95. The molecule has 1 aromatic carbocycles. The number of thioether (sulfide) groups is 1. The molecular formula is C25H37N5O6S2. The van der Waals surface area contributed by atoms with Crippen molar-refractivity contribution in [2.45, 2.75) is 56.9 Å². The summed E-state index contributed by atoms with van der Waals surface area (Å²) in [5.74, 6) is -3.07. The van der Waals surface area contributed by atoms with Gasteiger partial charge in [-0.2, -0.15) is 24.4 Å². The summed E-state index contributed by atoms with van der Waals surface area (Å²) in [7, 11) is 1.69. The molecule has 1 aliphatic rings. The lowest BCUT2D eigenvalue weighted by Gasteiger charge is -2.29. The van der Waals surface area contributed by atoms with Gasteiger partial charge >= 0.3 is 5.97 Å². The van der Waals surface area contributed by atoms with E-state index in [0.717, 1.165) is 5.56 Å². The number of aliphatic carboxylic acids is 1. The van der Waals surface area contributed by atoms with Gasteiger partial charge in [0.25, 0.3) is 0 Å². The van der Waals surface area contributed by atoms with Crippen molar-refractivity contribution in [3.8, 4) is 0 Å². The summed E-state index contributed by atoms with van der Waals surface area (Å²) in [5.41, 5.74) is 1.29. The van der Waals surface area contributed by atoms with Gasteiger partial charge in [-0.1, -0.05) is 38.1 Å². The van der Waals surface area contributed by atoms with Crippen molar-refractivity contribution in [3.05, 3.63) is 35.4 Å². The van der Waals surface area contributed by atoms with Gasteiger partial charge in [-0.25, -0.2) is 4.79 Å². The normalized spacial score (nSPS) is 19.3. The van der Waals surface area contributed by atoms with E-state index in [0.29, 0.717) is 12.0 Å². The van der Waals surface area contributed by atoms with Gasteiger partial charge in [0.2, 0.25) is 23.6 Å². The number of rotatable bonds is 13. The summed E-state index contributed by atoms with van der Waals surface area (Å²) in [6.45, 7) is 4.00. The van der Waals surface area contributed by atoms with Gasteiger partial charge in [0.15, 0.2) is 0 Å². The smallest absolute Gasteiger partial charge is 0.327 e. The Hall–Kier alpha value is -2.77. The molecule has 13 heteroatoms. The highest BCUT2D eigenvalue weighted by Crippen LogP contribution is 2.20. The molecule has 0 radical (unpaired) electrons. The van der Waals surface area contributed by atoms with Crippen LogP contribution in [0, 0.1) is 5.92 Å². The van der Waals surface area contributed by atoms with E-state index in [-0.39, 0.29) is 29.8 Å². The molecule has 1 heterocycles. The van der Waals surface area contributed by atoms with E-state index >= 15 is 0 Å². The van der Waals surface area contributed by atoms with Crippen molar-refractivity contribution in [3.63, 3.8) is 0 Å². The first-order valence-corrected chi connectivity index (χ1v) is 14.3. The Kier molecular flexibility index (Phi) is 12.4. The third-order valence-electron chi connectivity index (χ3n) is 6.04. The van der Waals surface area contributed by atoms with Gasteiger partial charge in [0, 0.05) is 17.9 Å². The molecule has 2 rings (SSSR count). The average molecular weight is 568 g/mol. The van der Waals surface area contributed by atoms with E-state index in [1.54, 1.807) is 31.5 Å². The van der Waals surface area contributed by atoms with Gasteiger partial charge in [0.1, 0.15) is 24.2 Å². The molecule has 210 valence electrons. The molecule has 38 heavy (non-hydrogen) atoms. The van der Waals surface area contributed by atoms with Crippen LogP contribution in [0.25, 0.3) is 0 Å². The molecule has 1 aliphatic heterocycles. The minimum atomic E-state index is -1.24. The van der Waals surface area contributed by atoms with Crippen molar-refractivity contribution in [2.75, 3.05) is 24.8 Å². The number of carboxylic acids is 1. The Balaban J connectivity index is 2.24. The van der Waals surface area contributed by atoms with Gasteiger partial charge in [0.05, 0.1) is 6.04 Å². The second-order valence-corrected chi connectivity index (χ2v) is 10.8. The van der Waals surface area contributed by atoms with Crippen LogP contribution in [0.4, 0.5) is 0 Å². The molecule has 11 nitrogen and oxygen atoms in total. The van der Waals surface area contributed by atoms with E-state index in [4.69, 9.17) is 0 Å². The first kappa shape index (κ1) is 31.4. The fraction of sp³-hybridized carbons (Fsp3) is 0.560. The zero-order valence-corrected chi connectivity index (χ0v) is 23.7. The maximum Gasteiger partial charge on any atom is 0.327 e. The maximum atomic E-state index is 13.4. The van der Waals surface area contributed by atoms with Crippen LogP contribution in [-0.4, -0.2) is 83.7 Å². The first-order valence-electron chi connectivity index (χ1n) is 12.3. The third-order valence-corrected chi connectivity index (χ3v) is 7.07. The molecule has 6 N–H and O–H groups in total. The van der Waals surface area contributed by atoms with Crippen LogP contribution < -0.4 is 26.6 Å². The Morgan fingerprint density at radius 1 is 1.13 bits per heavy atom. The predicted molar refractivity (Wildman–Crippen MR) is 149 cm³/mol. The van der Waals surface area contributed by atoms with Gasteiger partial charge in [-0.05, 0) is 36.8 Å². The first-order chi connectivity index (χ1) is 18.0. The number of hydrogen-bond acceptors (Lipinski definition) is 8. The Morgan fingerprint density at radius 2 is 1.84 bits per heavy atom. The van der Waals surface area contributed by atoms with E-state index in [2.05, 4.69) is 39.2 Å². The molecule has 0 spiro atoms. The minimum Gasteiger partial charge on any atom is -0.480 e. The number of benzene rings is 1. The topological polar surface area (TPSA) is 166 Å². The summed E-state index contributed by atoms with van der Waals surface area (Å²) in [6.07, 6.45) is 2.58. The van der Waals surface area contributed by atoms with Crippen molar-refractivity contribution in [1.82, 2.24) is 26.6 Å². The van der Waals surface area contributed by atoms with Crippen molar-refractivity contribution >= 4 is 54.0 Å². The van der Waals surface area contributed by atoms with Crippen LogP contribution in [0.3, 0.4) is 0 Å². The maximum absolute atomic E-state index is 13.4. The fourth-order valence-electron chi connectivity index (χ4n) is 4.05. The summed E-state index contributed by atoms with van der Waals surface area (Å²) >= 11 is 5.24. The second kappa shape index (κ2) is 15.0. The highest BCUT2D eigenvalue weighted by atomic mass is 32.2. The summed E-state index contributed by atoms with van der Waals surface area (Å²) in [5, 5.41) is 22.7. The monoisotopic (exact) mass is 567 g/mol. The zero-order chi connectivity index (χ0) is 28.4. The average Bonchev–Trinajstić information content (AvgIpc) is 2.87. The Labute approximate surface area is 232 Å². The van der Waals surface area contributed by atoms with E-state index in [1.807, 2.05) is 19.9 Å². The number of carbonyl (C=O) groups excluding carboxylic acids is 4. The summed E-state index contributed by atoms with van der Waals surface area (Å²) in [6, 6.07) is 2.26. The molecular weight excluding hydrogens is 530 g/mol. The molecule has 0 aliphatic carbocycles. The molecule has 1 aromatic rings. The number of thiol groups is 1. The van der Waals surface area contributed by atoms with E-state index in [9.17, 15) is 29.1 Å². The molecule has 0 fully saturated rings. The standard InChI is InChI=1S/C25H37N5O6S2/c1-13(2)8-16(26-3)21(31)27-17-10-14-6-5-7-15(9-14)20(30-22(17)32)24(34)29-19(12-38-4)23(33)28-18(11-37)25(35)36/h5-7,9,13,16-20,26,37H,8,10-12H2,1-4H3,(H,27,31)(H,28,33)(H,29,34)(H,30,32)(H,35,36)/t16-,17-,18-,19-,20-/m0/s1. The lowest BCUT2D eigenvalue weighted by molar-refractivity contribution is -0.141. The second-order valence-electron chi connectivity index (χ2n) is 9.52. The zero-order valence-electron chi connectivity index (χ0n) is 21.9. The van der Waals surface area contributed by atoms with Crippen molar-refractivity contribution < 1.29 is 29.1 Å². The van der Waals surface area contributed by atoms with E-state index in [1.165, 1.54) is 11.8 Å². The van der Waals surface area contributed by atoms with Gasteiger partial charge in [-0.3, -0.25) is 19.2 Å². The van der Waals surface area contributed by atoms with Crippen LogP contribution >= 0.6 is 24.4 Å². The van der Waals surface area contributed by atoms with Crippen LogP contribution in [0.2, 0.25) is 0 Å². The number of hydrogen-bond donors (Lipinski definition) is 7. The molecule has 0 aromatic heterocycles. The molecule has 2 bridgehead atoms. The molecule has 0 saturated heterocycles. The number of fused-ring (bicyclic) bond motifs is 2. The Bertz CT molecular complexity index is 1020. The van der Waals surface area contributed by atoms with Crippen LogP contribution in [0.1, 0.15) is 37.4 Å². The summed E-state index contributed by atoms with van der Waals surface area (Å²) in [4.78, 5) is 63.5. The largest absolute Gasteiger partial charge is 0.480 e. The number of carboxylic acid groups (broad SMARTS) is 1. The number of nitrogens with one attached hydrogen (secondary N) is 5. The number of likely N-dealkylation sites (N-methyl/N-ethyl adjacent to an activating group) is 1. The predicted octanol–water partition coefficient (Wildman–Crippen LogP) is -0.134. The van der Waals surface area contributed by atoms with Crippen LogP contribution in [-0.2, 0) is 30.4 Å². The van der Waals surface area contributed by atoms with Crippen molar-refractivity contribution in [1.29, 1.82) is 0 Å². The van der Waals surface area contributed by atoms with E-state index < -0.39 is 53.9 Å². The fourth-order valence-corrected chi connectivity index (χ4v) is 4.87. The van der Waals surface area contributed by atoms with Gasteiger partial charge < -0.3 is 31.7 Å². The minimum absolute atomic E-state index is 0.120. The summed E-state index contributed by atoms with van der Waals surface area (Å²) < 4.78 is 0. The number of amides is 4. The molecule has 5 atom stereocenters. The van der Waals surface area contributed by atoms with Gasteiger partial charge in [-0.15, -0.1) is 0 Å². The lowest BCUT2D eigenvalue weighted by Crippen LogP contribution is -2.57. The SMILES string of the molecule is CN[C@@H](CC(C)C)C(=O)N[C@H]1Cc2cccc(c2)[C@@H](C(=O)N[C@@H](CSC)C(=O)N[C@@H](CS)C(=O)O)NC1=O. The number of carbonyl (C=O) groups is 5. The molecule has 4 amide bonds. The third kappa shape index (κ3) is 8.91. The highest BCUT2D eigenvalue weighted by Gasteiger charge is 2.34. The van der Waals surface area contributed by atoms with Crippen LogP contribution in [0.5, 0.6) is 0 Å². The quantitative estimate of drug-likeness (QED) is 0.162. The van der Waals surface area contributed by atoms with Crippen molar-refractivity contribution in [2.24, 2.45) is 5.92 Å². The molecule has 0 unspecified atom stereocenters. The Morgan fingerprint density at radius 3 is 2.42 bits per heavy atom.